The van der Waals surface area contributed by atoms with Crippen molar-refractivity contribution in [3.63, 3.8) is 0 Å². The van der Waals surface area contributed by atoms with E-state index in [0.717, 1.165) is 22.7 Å². The predicted molar refractivity (Wildman–Crippen MR) is 98.2 cm³/mol. The summed E-state index contributed by atoms with van der Waals surface area (Å²) in [7, 11) is 0. The summed E-state index contributed by atoms with van der Waals surface area (Å²) in [5.41, 5.74) is 7.77. The van der Waals surface area contributed by atoms with Crippen LogP contribution in [-0.4, -0.2) is 10.8 Å². The zero-order valence-electron chi connectivity index (χ0n) is 13.4. The Hall–Kier alpha value is -2.26. The number of halogens is 1. The summed E-state index contributed by atoms with van der Waals surface area (Å²) in [6.07, 6.45) is 1.90. The molecule has 0 aliphatic carbocycles. The van der Waals surface area contributed by atoms with Crippen LogP contribution in [0.1, 0.15) is 23.7 Å². The molecule has 23 heavy (non-hydrogen) atoms. The summed E-state index contributed by atoms with van der Waals surface area (Å²) in [5, 5.41) is 6.38. The van der Waals surface area contributed by atoms with E-state index in [1.807, 2.05) is 30.5 Å². The Bertz CT molecular complexity index is 849. The van der Waals surface area contributed by atoms with Crippen molar-refractivity contribution in [1.82, 2.24) is 9.99 Å². The Balaban J connectivity index is 1.82. The van der Waals surface area contributed by atoms with E-state index in [9.17, 15) is 0 Å². The minimum Gasteiger partial charge on any atom is -0.344 e. The third-order valence-electron chi connectivity index (χ3n) is 4.11. The van der Waals surface area contributed by atoms with E-state index in [-0.39, 0.29) is 0 Å². The summed E-state index contributed by atoms with van der Waals surface area (Å²) in [6, 6.07) is 16.2. The average molecular weight is 326 g/mol. The van der Waals surface area contributed by atoms with Gasteiger partial charge < -0.3 is 9.99 Å². The quantitative estimate of drug-likeness (QED) is 0.532. The molecule has 0 aliphatic rings. The highest BCUT2D eigenvalue weighted by Gasteiger charge is 2.10. The third-order valence-corrected chi connectivity index (χ3v) is 4.48. The van der Waals surface area contributed by atoms with Gasteiger partial charge in [0.2, 0.25) is 0 Å². The van der Waals surface area contributed by atoms with Gasteiger partial charge in [0, 0.05) is 33.7 Å². The highest BCUT2D eigenvalue weighted by atomic mass is 35.5. The van der Waals surface area contributed by atoms with Crippen LogP contribution in [0.15, 0.2) is 53.6 Å². The summed E-state index contributed by atoms with van der Waals surface area (Å²) < 4.78 is 2.31. The lowest BCUT2D eigenvalue weighted by Gasteiger charge is -2.04. The van der Waals surface area contributed by atoms with Crippen molar-refractivity contribution in [1.29, 1.82) is 0 Å². The Labute approximate surface area is 141 Å². The SMILES string of the molecule is CCn1c(C)c(/C=N\NCc2ccccc2Cl)c2ccccc21. The first kappa shape index (κ1) is 15.6. The van der Waals surface area contributed by atoms with Crippen molar-refractivity contribution < 1.29 is 0 Å². The van der Waals surface area contributed by atoms with Gasteiger partial charge in [0.15, 0.2) is 0 Å². The van der Waals surface area contributed by atoms with E-state index in [4.69, 9.17) is 11.6 Å². The molecule has 3 nitrogen and oxygen atoms in total. The smallest absolute Gasteiger partial charge is 0.0594 e. The van der Waals surface area contributed by atoms with Crippen molar-refractivity contribution >= 4 is 28.7 Å². The van der Waals surface area contributed by atoms with Crippen LogP contribution < -0.4 is 5.43 Å². The molecule has 118 valence electrons. The molecular weight excluding hydrogens is 306 g/mol. The summed E-state index contributed by atoms with van der Waals surface area (Å²) in [6.45, 7) is 5.86. The number of hydrazone groups is 1. The first-order valence-electron chi connectivity index (χ1n) is 7.79. The van der Waals surface area contributed by atoms with E-state index < -0.39 is 0 Å². The van der Waals surface area contributed by atoms with Crippen LogP contribution in [0.25, 0.3) is 10.9 Å². The molecule has 1 aromatic heterocycles. The van der Waals surface area contributed by atoms with Gasteiger partial charge in [0.1, 0.15) is 0 Å². The van der Waals surface area contributed by atoms with Crippen LogP contribution in [-0.2, 0) is 13.1 Å². The molecule has 3 rings (SSSR count). The molecule has 0 bridgehead atoms. The molecule has 0 radical (unpaired) electrons. The fraction of sp³-hybridized carbons (Fsp3) is 0.211. The Kier molecular flexibility index (Phi) is 4.68. The number of hydrogen-bond donors (Lipinski definition) is 1. The Morgan fingerprint density at radius 3 is 2.65 bits per heavy atom. The molecule has 0 fully saturated rings. The van der Waals surface area contributed by atoms with Crippen molar-refractivity contribution in [3.8, 4) is 0 Å². The monoisotopic (exact) mass is 325 g/mol. The first-order chi connectivity index (χ1) is 11.2. The van der Waals surface area contributed by atoms with Crippen LogP contribution in [0.2, 0.25) is 5.02 Å². The zero-order chi connectivity index (χ0) is 16.2. The maximum atomic E-state index is 6.15. The predicted octanol–water partition coefficient (Wildman–Crippen LogP) is 4.75. The van der Waals surface area contributed by atoms with Crippen LogP contribution in [0.3, 0.4) is 0 Å². The first-order valence-corrected chi connectivity index (χ1v) is 8.17. The average Bonchev–Trinajstić information content (AvgIpc) is 2.84. The molecule has 3 aromatic rings. The lowest BCUT2D eigenvalue weighted by atomic mass is 10.1. The van der Waals surface area contributed by atoms with Gasteiger partial charge in [0.25, 0.3) is 0 Å². The van der Waals surface area contributed by atoms with Gasteiger partial charge in [-0.2, -0.15) is 5.10 Å². The van der Waals surface area contributed by atoms with Crippen molar-refractivity contribution in [3.05, 3.63) is 70.4 Å². The molecule has 0 saturated heterocycles. The number of nitrogens with zero attached hydrogens (tertiary/aromatic N) is 2. The number of hydrogen-bond acceptors (Lipinski definition) is 2. The Morgan fingerprint density at radius 1 is 1.13 bits per heavy atom. The molecule has 0 spiro atoms. The van der Waals surface area contributed by atoms with E-state index >= 15 is 0 Å². The summed E-state index contributed by atoms with van der Waals surface area (Å²) in [4.78, 5) is 0. The number of nitrogens with one attached hydrogen (secondary N) is 1. The lowest BCUT2D eigenvalue weighted by Crippen LogP contribution is -2.06. The second-order valence-corrected chi connectivity index (χ2v) is 5.85. The molecular formula is C19H20ClN3. The van der Waals surface area contributed by atoms with Crippen molar-refractivity contribution in [2.75, 3.05) is 0 Å². The standard InChI is InChI=1S/C19H20ClN3/c1-3-23-14(2)17(16-9-5-7-11-19(16)23)13-22-21-12-15-8-4-6-10-18(15)20/h4-11,13,21H,3,12H2,1-2H3/b22-13-. The van der Waals surface area contributed by atoms with Crippen LogP contribution in [0, 0.1) is 6.92 Å². The van der Waals surface area contributed by atoms with E-state index in [0.29, 0.717) is 6.54 Å². The fourth-order valence-electron chi connectivity index (χ4n) is 2.91. The van der Waals surface area contributed by atoms with Crippen LogP contribution in [0.5, 0.6) is 0 Å². The van der Waals surface area contributed by atoms with Crippen LogP contribution in [0.4, 0.5) is 0 Å². The van der Waals surface area contributed by atoms with Crippen LogP contribution >= 0.6 is 11.6 Å². The molecule has 0 saturated carbocycles. The highest BCUT2D eigenvalue weighted by Crippen LogP contribution is 2.24. The zero-order valence-corrected chi connectivity index (χ0v) is 14.1. The van der Waals surface area contributed by atoms with E-state index in [2.05, 4.69) is 53.2 Å². The third kappa shape index (κ3) is 3.10. The molecule has 4 heteroatoms. The topological polar surface area (TPSA) is 29.3 Å². The van der Waals surface area contributed by atoms with Crippen molar-refractivity contribution in [2.24, 2.45) is 5.10 Å². The normalized spacial score (nSPS) is 11.4. The second-order valence-electron chi connectivity index (χ2n) is 5.44. The van der Waals surface area contributed by atoms with Gasteiger partial charge in [-0.3, -0.25) is 0 Å². The second kappa shape index (κ2) is 6.88. The van der Waals surface area contributed by atoms with Crippen molar-refractivity contribution in [2.45, 2.75) is 26.9 Å². The van der Waals surface area contributed by atoms with Gasteiger partial charge in [-0.15, -0.1) is 0 Å². The summed E-state index contributed by atoms with van der Waals surface area (Å²) in [5.74, 6) is 0. The van der Waals surface area contributed by atoms with E-state index in [1.165, 1.54) is 16.6 Å². The molecule has 1 N–H and O–H groups in total. The maximum absolute atomic E-state index is 6.15. The maximum Gasteiger partial charge on any atom is 0.0594 e. The van der Waals surface area contributed by atoms with E-state index in [1.54, 1.807) is 0 Å². The highest BCUT2D eigenvalue weighted by molar-refractivity contribution is 6.31. The molecule has 0 amide bonds. The minimum absolute atomic E-state index is 0.613. The lowest BCUT2D eigenvalue weighted by molar-refractivity contribution is 0.747. The number of benzene rings is 2. The largest absolute Gasteiger partial charge is 0.344 e. The Morgan fingerprint density at radius 2 is 1.87 bits per heavy atom. The number of para-hydroxylation sites is 1. The summed E-state index contributed by atoms with van der Waals surface area (Å²) >= 11 is 6.15. The molecule has 0 aliphatic heterocycles. The van der Waals surface area contributed by atoms with Gasteiger partial charge >= 0.3 is 0 Å². The minimum atomic E-state index is 0.613. The van der Waals surface area contributed by atoms with Gasteiger partial charge in [-0.25, -0.2) is 0 Å². The molecule has 1 heterocycles. The van der Waals surface area contributed by atoms with Gasteiger partial charge in [0.05, 0.1) is 12.8 Å². The number of aromatic nitrogens is 1. The molecule has 0 atom stereocenters. The number of aryl methyl sites for hydroxylation is 1. The molecule has 2 aromatic carbocycles. The molecule has 0 unspecified atom stereocenters. The fourth-order valence-corrected chi connectivity index (χ4v) is 3.11. The van der Waals surface area contributed by atoms with Gasteiger partial charge in [-0.1, -0.05) is 48.0 Å². The van der Waals surface area contributed by atoms with Gasteiger partial charge in [-0.05, 0) is 31.5 Å². The number of rotatable bonds is 5. The number of fused-ring (bicyclic) bond motifs is 1.